The van der Waals surface area contributed by atoms with Gasteiger partial charge in [0.1, 0.15) is 0 Å². The highest BCUT2D eigenvalue weighted by atomic mass is 35.5. The quantitative estimate of drug-likeness (QED) is 0.845. The third-order valence-electron chi connectivity index (χ3n) is 5.02. The van der Waals surface area contributed by atoms with Crippen LogP contribution in [0.3, 0.4) is 0 Å². The van der Waals surface area contributed by atoms with E-state index in [0.717, 1.165) is 26.3 Å². The minimum Gasteiger partial charge on any atom is -0.379 e. The predicted molar refractivity (Wildman–Crippen MR) is 87.3 cm³/mol. The molecule has 0 bridgehead atoms. The van der Waals surface area contributed by atoms with Gasteiger partial charge in [0, 0.05) is 32.7 Å². The van der Waals surface area contributed by atoms with Gasteiger partial charge in [0.2, 0.25) is 0 Å². The third kappa shape index (κ3) is 4.72. The molecule has 0 aromatic carbocycles. The van der Waals surface area contributed by atoms with Gasteiger partial charge < -0.3 is 15.0 Å². The number of nitrogens with one attached hydrogen (secondary N) is 1. The monoisotopic (exact) mass is 325 g/mol. The molecule has 3 fully saturated rings. The summed E-state index contributed by atoms with van der Waals surface area (Å²) in [5.74, 6) is 0. The molecule has 1 N–H and O–H groups in total. The molecule has 0 aliphatic carbocycles. The van der Waals surface area contributed by atoms with Crippen LogP contribution >= 0.6 is 24.8 Å². The Morgan fingerprint density at radius 1 is 0.850 bits per heavy atom. The Bertz CT molecular complexity index is 269. The zero-order chi connectivity index (χ0) is 12.3. The Labute approximate surface area is 135 Å². The number of likely N-dealkylation sites (tertiary alicyclic amines) is 1. The first-order chi connectivity index (χ1) is 8.86. The lowest BCUT2D eigenvalue weighted by Gasteiger charge is -2.34. The van der Waals surface area contributed by atoms with E-state index in [2.05, 4.69) is 15.1 Å². The van der Waals surface area contributed by atoms with Crippen molar-refractivity contribution in [1.29, 1.82) is 0 Å². The lowest BCUT2D eigenvalue weighted by Crippen LogP contribution is -2.42. The summed E-state index contributed by atoms with van der Waals surface area (Å²) in [6.45, 7) is 11.7. The molecule has 0 aromatic rings. The van der Waals surface area contributed by atoms with Gasteiger partial charge in [0.15, 0.2) is 0 Å². The van der Waals surface area contributed by atoms with Crippen LogP contribution in [-0.2, 0) is 4.74 Å². The van der Waals surface area contributed by atoms with Crippen LogP contribution in [0, 0.1) is 5.41 Å². The van der Waals surface area contributed by atoms with Crippen molar-refractivity contribution in [3.63, 3.8) is 0 Å². The van der Waals surface area contributed by atoms with E-state index < -0.39 is 0 Å². The van der Waals surface area contributed by atoms with Crippen LogP contribution in [0.4, 0.5) is 0 Å². The first kappa shape index (κ1) is 18.5. The van der Waals surface area contributed by atoms with Crippen LogP contribution in [0.25, 0.3) is 0 Å². The summed E-state index contributed by atoms with van der Waals surface area (Å²) < 4.78 is 5.40. The number of ether oxygens (including phenoxy) is 1. The van der Waals surface area contributed by atoms with Crippen LogP contribution in [0.1, 0.15) is 19.3 Å². The van der Waals surface area contributed by atoms with Gasteiger partial charge in [-0.15, -0.1) is 24.8 Å². The topological polar surface area (TPSA) is 27.7 Å². The number of hydrogen-bond acceptors (Lipinski definition) is 4. The lowest BCUT2D eigenvalue weighted by atomic mass is 9.78. The summed E-state index contributed by atoms with van der Waals surface area (Å²) in [6.07, 6.45) is 4.21. The van der Waals surface area contributed by atoms with Crippen LogP contribution in [0.2, 0.25) is 0 Å². The van der Waals surface area contributed by atoms with Crippen LogP contribution in [0.5, 0.6) is 0 Å². The van der Waals surface area contributed by atoms with E-state index in [0.29, 0.717) is 5.41 Å². The highest BCUT2D eigenvalue weighted by molar-refractivity contribution is 5.85. The van der Waals surface area contributed by atoms with Crippen molar-refractivity contribution in [3.8, 4) is 0 Å². The highest BCUT2D eigenvalue weighted by Crippen LogP contribution is 2.38. The Hall–Kier alpha value is 0.420. The molecule has 0 unspecified atom stereocenters. The molecular formula is C14H29Cl2N3O. The number of nitrogens with zero attached hydrogens (tertiary/aromatic N) is 2. The largest absolute Gasteiger partial charge is 0.379 e. The van der Waals surface area contributed by atoms with E-state index in [4.69, 9.17) is 4.74 Å². The van der Waals surface area contributed by atoms with Gasteiger partial charge >= 0.3 is 0 Å². The standard InChI is InChI=1S/C14H27N3O.2ClH/c1-4-15-5-2-14(1)3-6-17(13-14)8-7-16-9-11-18-12-10-16;;/h15H,1-13H2;2*1H. The lowest BCUT2D eigenvalue weighted by molar-refractivity contribution is 0.0337. The van der Waals surface area contributed by atoms with Crippen molar-refractivity contribution >= 4 is 24.8 Å². The zero-order valence-electron chi connectivity index (χ0n) is 12.3. The SMILES string of the molecule is C1CC2(CCN1)CCN(CCN1CCOCC1)C2.Cl.Cl. The fourth-order valence-electron chi connectivity index (χ4n) is 3.69. The van der Waals surface area contributed by atoms with Crippen LogP contribution in [0.15, 0.2) is 0 Å². The molecule has 0 radical (unpaired) electrons. The van der Waals surface area contributed by atoms with Crippen LogP contribution in [-0.4, -0.2) is 75.4 Å². The Balaban J connectivity index is 0.000001000. The normalized spacial score (nSPS) is 27.0. The van der Waals surface area contributed by atoms with Crippen molar-refractivity contribution in [2.24, 2.45) is 5.41 Å². The van der Waals surface area contributed by atoms with Gasteiger partial charge in [-0.05, 0) is 44.3 Å². The van der Waals surface area contributed by atoms with E-state index in [1.165, 1.54) is 58.5 Å². The van der Waals surface area contributed by atoms with Crippen molar-refractivity contribution in [2.75, 3.05) is 65.6 Å². The van der Waals surface area contributed by atoms with Gasteiger partial charge in [0.05, 0.1) is 13.2 Å². The molecule has 1 spiro atoms. The summed E-state index contributed by atoms with van der Waals surface area (Å²) in [4.78, 5) is 5.25. The second-order valence-corrected chi connectivity index (χ2v) is 6.23. The van der Waals surface area contributed by atoms with Crippen molar-refractivity contribution < 1.29 is 4.74 Å². The number of halogens is 2. The third-order valence-corrected chi connectivity index (χ3v) is 5.02. The molecular weight excluding hydrogens is 297 g/mol. The molecule has 20 heavy (non-hydrogen) atoms. The fraction of sp³-hybridized carbons (Fsp3) is 1.00. The maximum absolute atomic E-state index is 5.40. The molecule has 3 rings (SSSR count). The highest BCUT2D eigenvalue weighted by Gasteiger charge is 2.38. The minimum absolute atomic E-state index is 0. The fourth-order valence-corrected chi connectivity index (χ4v) is 3.69. The average molecular weight is 326 g/mol. The van der Waals surface area contributed by atoms with E-state index >= 15 is 0 Å². The van der Waals surface area contributed by atoms with Crippen molar-refractivity contribution in [3.05, 3.63) is 0 Å². The molecule has 0 atom stereocenters. The number of hydrogen-bond donors (Lipinski definition) is 1. The molecule has 3 aliphatic heterocycles. The van der Waals surface area contributed by atoms with Gasteiger partial charge in [-0.2, -0.15) is 0 Å². The van der Waals surface area contributed by atoms with E-state index in [1.54, 1.807) is 0 Å². The zero-order valence-corrected chi connectivity index (χ0v) is 13.9. The molecule has 4 nitrogen and oxygen atoms in total. The molecule has 3 aliphatic rings. The summed E-state index contributed by atoms with van der Waals surface area (Å²) in [5, 5.41) is 3.49. The minimum atomic E-state index is 0. The van der Waals surface area contributed by atoms with E-state index in [1.807, 2.05) is 0 Å². The summed E-state index contributed by atoms with van der Waals surface area (Å²) in [7, 11) is 0. The molecule has 3 heterocycles. The number of rotatable bonds is 3. The summed E-state index contributed by atoms with van der Waals surface area (Å²) in [6, 6.07) is 0. The number of morpholine rings is 1. The molecule has 6 heteroatoms. The maximum Gasteiger partial charge on any atom is 0.0594 e. The first-order valence-electron chi connectivity index (χ1n) is 7.60. The van der Waals surface area contributed by atoms with Crippen molar-refractivity contribution in [1.82, 2.24) is 15.1 Å². The number of piperidine rings is 1. The Morgan fingerprint density at radius 3 is 2.20 bits per heavy atom. The van der Waals surface area contributed by atoms with Crippen molar-refractivity contribution in [2.45, 2.75) is 19.3 Å². The van der Waals surface area contributed by atoms with Crippen LogP contribution < -0.4 is 5.32 Å². The van der Waals surface area contributed by atoms with Gasteiger partial charge in [-0.3, -0.25) is 4.90 Å². The molecule has 0 amide bonds. The Morgan fingerprint density at radius 2 is 1.50 bits per heavy atom. The second kappa shape index (κ2) is 8.76. The maximum atomic E-state index is 5.40. The molecule has 3 saturated heterocycles. The molecule has 0 aromatic heterocycles. The smallest absolute Gasteiger partial charge is 0.0594 e. The molecule has 0 saturated carbocycles. The van der Waals surface area contributed by atoms with E-state index in [-0.39, 0.29) is 24.8 Å². The predicted octanol–water partition coefficient (Wildman–Crippen LogP) is 1.24. The second-order valence-electron chi connectivity index (χ2n) is 6.23. The average Bonchev–Trinajstić information content (AvgIpc) is 2.82. The Kier molecular flexibility index (Phi) is 8.09. The summed E-state index contributed by atoms with van der Waals surface area (Å²) >= 11 is 0. The van der Waals surface area contributed by atoms with Gasteiger partial charge in [-0.25, -0.2) is 0 Å². The first-order valence-corrected chi connectivity index (χ1v) is 7.60. The van der Waals surface area contributed by atoms with Gasteiger partial charge in [-0.1, -0.05) is 0 Å². The van der Waals surface area contributed by atoms with E-state index in [9.17, 15) is 0 Å². The molecule has 120 valence electrons. The van der Waals surface area contributed by atoms with Gasteiger partial charge in [0.25, 0.3) is 0 Å². The summed E-state index contributed by atoms with van der Waals surface area (Å²) in [5.41, 5.74) is 0.663.